The number of amides is 1. The first kappa shape index (κ1) is 21.5. The molecule has 3 aromatic carbocycles. The fourth-order valence-electron chi connectivity index (χ4n) is 4.03. The van der Waals surface area contributed by atoms with Crippen molar-refractivity contribution in [2.45, 2.75) is 13.0 Å². The average molecular weight is 471 g/mol. The number of nitro groups is 1. The Bertz CT molecular complexity index is 1510. The molecule has 1 N–H and O–H groups in total. The van der Waals surface area contributed by atoms with Crippen molar-refractivity contribution in [1.82, 2.24) is 4.98 Å². The van der Waals surface area contributed by atoms with E-state index in [1.54, 1.807) is 36.4 Å². The largest absolute Gasteiger partial charge is 0.507 e. The zero-order chi connectivity index (χ0) is 24.0. The zero-order valence-electron chi connectivity index (χ0n) is 17.8. The molecule has 2 heterocycles. The number of carbonyl (C=O) groups is 2. The summed E-state index contributed by atoms with van der Waals surface area (Å²) in [6.45, 7) is 1.94. The normalized spacial score (nSPS) is 17.4. The molecule has 1 atom stereocenters. The predicted octanol–water partition coefficient (Wildman–Crippen LogP) is 5.14. The second-order valence-electron chi connectivity index (χ2n) is 7.85. The summed E-state index contributed by atoms with van der Waals surface area (Å²) in [6.07, 6.45) is 0. The molecule has 1 aromatic heterocycles. The van der Waals surface area contributed by atoms with Crippen LogP contribution in [0.1, 0.15) is 22.7 Å². The van der Waals surface area contributed by atoms with Gasteiger partial charge in [-0.2, -0.15) is 0 Å². The summed E-state index contributed by atoms with van der Waals surface area (Å²) in [7, 11) is 0. The Labute approximate surface area is 197 Å². The highest BCUT2D eigenvalue weighted by molar-refractivity contribution is 7.22. The van der Waals surface area contributed by atoms with Crippen molar-refractivity contribution in [2.24, 2.45) is 0 Å². The van der Waals surface area contributed by atoms with Gasteiger partial charge in [0.25, 0.3) is 11.5 Å². The van der Waals surface area contributed by atoms with E-state index < -0.39 is 22.7 Å². The number of Topliss-reactive ketones (excluding diaryl/α,β-unsaturated/α-hetero) is 1. The summed E-state index contributed by atoms with van der Waals surface area (Å²) in [4.78, 5) is 43.1. The van der Waals surface area contributed by atoms with Crippen LogP contribution in [0.25, 0.3) is 16.0 Å². The van der Waals surface area contributed by atoms with Gasteiger partial charge in [-0.25, -0.2) is 4.98 Å². The lowest BCUT2D eigenvalue weighted by molar-refractivity contribution is -0.384. The summed E-state index contributed by atoms with van der Waals surface area (Å²) < 4.78 is 0.831. The zero-order valence-corrected chi connectivity index (χ0v) is 18.7. The molecular weight excluding hydrogens is 454 g/mol. The number of aliphatic hydroxyl groups is 1. The average Bonchev–Trinajstić information content (AvgIpc) is 3.37. The van der Waals surface area contributed by atoms with Crippen molar-refractivity contribution in [3.05, 3.63) is 105 Å². The van der Waals surface area contributed by atoms with E-state index in [2.05, 4.69) is 4.98 Å². The van der Waals surface area contributed by atoms with Gasteiger partial charge < -0.3 is 5.11 Å². The minimum absolute atomic E-state index is 0.146. The lowest BCUT2D eigenvalue weighted by Gasteiger charge is -2.22. The number of nitro benzene ring substituents is 1. The lowest BCUT2D eigenvalue weighted by atomic mass is 9.95. The molecule has 1 saturated heterocycles. The van der Waals surface area contributed by atoms with Crippen LogP contribution in [0.5, 0.6) is 0 Å². The van der Waals surface area contributed by atoms with Gasteiger partial charge in [0, 0.05) is 17.7 Å². The lowest BCUT2D eigenvalue weighted by Crippen LogP contribution is -2.29. The number of aromatic nitrogens is 1. The number of anilines is 1. The molecule has 1 aliphatic rings. The van der Waals surface area contributed by atoms with Crippen LogP contribution in [0.15, 0.2) is 78.4 Å². The highest BCUT2D eigenvalue weighted by Crippen LogP contribution is 2.44. The van der Waals surface area contributed by atoms with Crippen molar-refractivity contribution in [2.75, 3.05) is 4.90 Å². The number of aryl methyl sites for hydroxylation is 1. The SMILES string of the molecule is Cc1ccc2nc(N3C(=O)C(=O)/C(=C(/O)c4ccccc4)[C@H]3c3cccc([N+](=O)[O-])c3)sc2c1. The summed E-state index contributed by atoms with van der Waals surface area (Å²) in [5.41, 5.74) is 2.02. The molecule has 1 fully saturated rings. The maximum Gasteiger partial charge on any atom is 0.301 e. The van der Waals surface area contributed by atoms with E-state index in [1.165, 1.54) is 34.4 Å². The number of non-ortho nitro benzene ring substituents is 1. The molecule has 0 spiro atoms. The fraction of sp³-hybridized carbons (Fsp3) is 0.0800. The monoisotopic (exact) mass is 471 g/mol. The second-order valence-corrected chi connectivity index (χ2v) is 8.86. The number of fused-ring (bicyclic) bond motifs is 1. The molecule has 0 bridgehead atoms. The third kappa shape index (κ3) is 3.52. The van der Waals surface area contributed by atoms with E-state index in [0.29, 0.717) is 16.6 Å². The van der Waals surface area contributed by atoms with Gasteiger partial charge in [0.05, 0.1) is 26.8 Å². The number of hydrogen-bond donors (Lipinski definition) is 1. The van der Waals surface area contributed by atoms with Crippen LogP contribution in [0.3, 0.4) is 0 Å². The highest BCUT2D eigenvalue weighted by atomic mass is 32.1. The molecule has 168 valence electrons. The number of hydrogen-bond acceptors (Lipinski definition) is 7. The summed E-state index contributed by atoms with van der Waals surface area (Å²) in [6, 6.07) is 18.7. The molecule has 0 saturated carbocycles. The van der Waals surface area contributed by atoms with Crippen molar-refractivity contribution >= 4 is 49.8 Å². The van der Waals surface area contributed by atoms with E-state index in [4.69, 9.17) is 0 Å². The minimum atomic E-state index is -1.08. The summed E-state index contributed by atoms with van der Waals surface area (Å²) >= 11 is 1.24. The van der Waals surface area contributed by atoms with Crippen LogP contribution in [-0.2, 0) is 9.59 Å². The number of nitrogens with zero attached hydrogens (tertiary/aromatic N) is 3. The molecule has 34 heavy (non-hydrogen) atoms. The van der Waals surface area contributed by atoms with Gasteiger partial charge in [-0.05, 0) is 30.2 Å². The van der Waals surface area contributed by atoms with E-state index in [1.807, 2.05) is 25.1 Å². The first-order valence-corrected chi connectivity index (χ1v) is 11.1. The Kier molecular flexibility index (Phi) is 5.18. The molecule has 0 aliphatic carbocycles. The third-order valence-corrected chi connectivity index (χ3v) is 6.64. The van der Waals surface area contributed by atoms with Crippen LogP contribution in [0.4, 0.5) is 10.8 Å². The van der Waals surface area contributed by atoms with Crippen LogP contribution < -0.4 is 4.90 Å². The molecule has 8 nitrogen and oxygen atoms in total. The number of thiazole rings is 1. The topological polar surface area (TPSA) is 114 Å². The number of benzene rings is 3. The molecule has 5 rings (SSSR count). The number of rotatable bonds is 4. The first-order valence-electron chi connectivity index (χ1n) is 10.3. The first-order chi connectivity index (χ1) is 16.3. The molecule has 1 amide bonds. The van der Waals surface area contributed by atoms with Crippen molar-refractivity contribution in [3.63, 3.8) is 0 Å². The second kappa shape index (κ2) is 8.20. The number of ketones is 1. The number of aliphatic hydroxyl groups excluding tert-OH is 1. The Morgan fingerprint density at radius 2 is 1.82 bits per heavy atom. The number of carbonyl (C=O) groups excluding carboxylic acids is 2. The van der Waals surface area contributed by atoms with E-state index >= 15 is 0 Å². The Hall–Kier alpha value is -4.37. The Balaban J connectivity index is 1.75. The highest BCUT2D eigenvalue weighted by Gasteiger charge is 2.48. The standard InChI is InChI=1S/C25H17N3O5S/c1-14-10-11-18-19(12-14)34-25(26-18)27-21(16-8-5-9-17(13-16)28(32)33)20(23(30)24(27)31)22(29)15-6-3-2-4-7-15/h2-13,21,29H,1H3/b22-20+/t21-/m1/s1. The molecule has 0 radical (unpaired) electrons. The smallest absolute Gasteiger partial charge is 0.301 e. The van der Waals surface area contributed by atoms with Crippen molar-refractivity contribution in [1.29, 1.82) is 0 Å². The van der Waals surface area contributed by atoms with Gasteiger partial charge in [0.1, 0.15) is 5.76 Å². The summed E-state index contributed by atoms with van der Waals surface area (Å²) in [5, 5.41) is 22.8. The minimum Gasteiger partial charge on any atom is -0.507 e. The van der Waals surface area contributed by atoms with Gasteiger partial charge in [-0.15, -0.1) is 0 Å². The maximum atomic E-state index is 13.3. The van der Waals surface area contributed by atoms with Crippen LogP contribution in [-0.4, -0.2) is 26.7 Å². The van der Waals surface area contributed by atoms with Crippen LogP contribution >= 0.6 is 11.3 Å². The maximum absolute atomic E-state index is 13.3. The van der Waals surface area contributed by atoms with Crippen molar-refractivity contribution < 1.29 is 19.6 Å². The fourth-order valence-corrected chi connectivity index (χ4v) is 5.12. The predicted molar refractivity (Wildman–Crippen MR) is 129 cm³/mol. The van der Waals surface area contributed by atoms with Crippen LogP contribution in [0.2, 0.25) is 0 Å². The molecule has 9 heteroatoms. The van der Waals surface area contributed by atoms with Gasteiger partial charge in [-0.1, -0.05) is 59.9 Å². The van der Waals surface area contributed by atoms with E-state index in [0.717, 1.165) is 10.3 Å². The van der Waals surface area contributed by atoms with Gasteiger partial charge in [0.2, 0.25) is 0 Å². The quantitative estimate of drug-likeness (QED) is 0.145. The van der Waals surface area contributed by atoms with Crippen LogP contribution in [0, 0.1) is 17.0 Å². The molecule has 4 aromatic rings. The molecular formula is C25H17N3O5S. The molecule has 0 unspecified atom stereocenters. The summed E-state index contributed by atoms with van der Waals surface area (Å²) in [5.74, 6) is -2.09. The Morgan fingerprint density at radius 1 is 1.06 bits per heavy atom. The Morgan fingerprint density at radius 3 is 2.56 bits per heavy atom. The van der Waals surface area contributed by atoms with E-state index in [-0.39, 0.29) is 22.2 Å². The third-order valence-electron chi connectivity index (χ3n) is 5.63. The van der Waals surface area contributed by atoms with Gasteiger partial charge in [0.15, 0.2) is 5.13 Å². The van der Waals surface area contributed by atoms with Gasteiger partial charge in [-0.3, -0.25) is 24.6 Å². The molecule has 1 aliphatic heterocycles. The van der Waals surface area contributed by atoms with Gasteiger partial charge >= 0.3 is 5.91 Å². The van der Waals surface area contributed by atoms with E-state index in [9.17, 15) is 24.8 Å². The van der Waals surface area contributed by atoms with Crippen molar-refractivity contribution in [3.8, 4) is 0 Å².